The van der Waals surface area contributed by atoms with Gasteiger partial charge in [-0.15, -0.1) is 0 Å². The van der Waals surface area contributed by atoms with Gasteiger partial charge in [-0.05, 0) is 58.2 Å². The second kappa shape index (κ2) is 10.6. The number of ether oxygens (including phenoxy) is 1. The number of aliphatic hydroxyl groups excluding tert-OH is 1. The first-order chi connectivity index (χ1) is 16.0. The first-order valence-corrected chi connectivity index (χ1v) is 11.9. The molecule has 0 spiro atoms. The van der Waals surface area contributed by atoms with E-state index < -0.39 is 34.4 Å². The Kier molecular flexibility index (Phi) is 7.99. The first-order valence-electron chi connectivity index (χ1n) is 11.1. The first kappa shape index (κ1) is 25.7. The van der Waals surface area contributed by atoms with Gasteiger partial charge in [0, 0.05) is 12.1 Å². The van der Waals surface area contributed by atoms with Gasteiger partial charge in [0.25, 0.3) is 5.91 Å². The minimum atomic E-state index is -1.28. The average molecular weight is 488 g/mol. The van der Waals surface area contributed by atoms with E-state index in [4.69, 9.17) is 4.74 Å². The molecule has 2 unspecified atom stereocenters. The summed E-state index contributed by atoms with van der Waals surface area (Å²) in [7, 11) is 0. The largest absolute Gasteiger partial charge is 0.444 e. The molecule has 0 fully saturated rings. The van der Waals surface area contributed by atoms with Crippen LogP contribution in [0.5, 0.6) is 0 Å². The summed E-state index contributed by atoms with van der Waals surface area (Å²) in [4.78, 5) is 24.1. The maximum absolute atomic E-state index is 13.9. The standard InChI is InChI=1S/C25H30FN3O4S/c1-17(30)22(31)29-25(19-11-6-5-7-12-19,14-9-15-27-23(32)33-24(2,3)4)34-21(28-29)18-10-8-13-20(26)16-18/h5-8,10-13,16-17,30H,9,14-15H2,1-4H3,(H,27,32). The zero-order valence-electron chi connectivity index (χ0n) is 19.7. The molecule has 2 aromatic rings. The highest BCUT2D eigenvalue weighted by atomic mass is 32.2. The number of carbonyl (C=O) groups excluding carboxylic acids is 2. The SMILES string of the molecule is CC(O)C(=O)N1N=C(c2cccc(F)c2)SC1(CCCNC(=O)OC(C)(C)C)c1ccccc1. The third kappa shape index (κ3) is 6.15. The second-order valence-electron chi connectivity index (χ2n) is 9.03. The summed E-state index contributed by atoms with van der Waals surface area (Å²) in [5.74, 6) is -0.976. The molecule has 0 aromatic heterocycles. The van der Waals surface area contributed by atoms with Gasteiger partial charge in [-0.2, -0.15) is 5.10 Å². The Morgan fingerprint density at radius 2 is 1.91 bits per heavy atom. The quantitative estimate of drug-likeness (QED) is 0.557. The molecule has 182 valence electrons. The van der Waals surface area contributed by atoms with E-state index in [1.165, 1.54) is 35.8 Å². The average Bonchev–Trinajstić information content (AvgIpc) is 3.16. The van der Waals surface area contributed by atoms with E-state index in [0.29, 0.717) is 30.0 Å². The lowest BCUT2D eigenvalue weighted by Crippen LogP contribution is -2.45. The van der Waals surface area contributed by atoms with E-state index in [0.717, 1.165) is 5.56 Å². The van der Waals surface area contributed by atoms with Crippen molar-refractivity contribution in [1.29, 1.82) is 0 Å². The van der Waals surface area contributed by atoms with E-state index in [1.807, 2.05) is 30.3 Å². The number of benzene rings is 2. The van der Waals surface area contributed by atoms with Gasteiger partial charge in [-0.1, -0.05) is 54.2 Å². The molecule has 7 nitrogen and oxygen atoms in total. The summed E-state index contributed by atoms with van der Waals surface area (Å²) in [5, 5.41) is 19.2. The maximum atomic E-state index is 13.9. The summed E-state index contributed by atoms with van der Waals surface area (Å²) in [5.41, 5.74) is 0.740. The van der Waals surface area contributed by atoms with E-state index >= 15 is 0 Å². The molecule has 2 atom stereocenters. The van der Waals surface area contributed by atoms with Crippen LogP contribution >= 0.6 is 11.8 Å². The molecule has 0 aliphatic carbocycles. The van der Waals surface area contributed by atoms with Crippen LogP contribution in [0, 0.1) is 5.82 Å². The Morgan fingerprint density at radius 1 is 1.21 bits per heavy atom. The molecule has 2 aromatic carbocycles. The number of carbonyl (C=O) groups is 2. The van der Waals surface area contributed by atoms with Gasteiger partial charge in [0.05, 0.1) is 0 Å². The van der Waals surface area contributed by atoms with Gasteiger partial charge < -0.3 is 15.2 Å². The van der Waals surface area contributed by atoms with Crippen molar-refractivity contribution in [3.63, 3.8) is 0 Å². The summed E-state index contributed by atoms with van der Waals surface area (Å²) in [6.45, 7) is 7.07. The van der Waals surface area contributed by atoms with Gasteiger partial charge in [0.15, 0.2) is 0 Å². The highest BCUT2D eigenvalue weighted by molar-refractivity contribution is 8.15. The van der Waals surface area contributed by atoms with Crippen LogP contribution in [0.25, 0.3) is 0 Å². The van der Waals surface area contributed by atoms with Crippen LogP contribution < -0.4 is 5.32 Å². The zero-order chi connectivity index (χ0) is 24.9. The van der Waals surface area contributed by atoms with Crippen molar-refractivity contribution >= 4 is 28.8 Å². The highest BCUT2D eigenvalue weighted by Gasteiger charge is 2.49. The van der Waals surface area contributed by atoms with Gasteiger partial charge in [-0.25, -0.2) is 14.2 Å². The van der Waals surface area contributed by atoms with E-state index in [9.17, 15) is 19.1 Å². The number of halogens is 1. The maximum Gasteiger partial charge on any atom is 0.407 e. The molecule has 3 rings (SSSR count). The number of hydrogen-bond acceptors (Lipinski definition) is 6. The van der Waals surface area contributed by atoms with Crippen molar-refractivity contribution < 1.29 is 23.8 Å². The number of nitrogens with zero attached hydrogens (tertiary/aromatic N) is 2. The molecule has 0 saturated heterocycles. The molecule has 0 saturated carbocycles. The zero-order valence-corrected chi connectivity index (χ0v) is 20.6. The van der Waals surface area contributed by atoms with Crippen LogP contribution in [0.3, 0.4) is 0 Å². The van der Waals surface area contributed by atoms with Crippen LogP contribution in [-0.2, 0) is 14.4 Å². The van der Waals surface area contributed by atoms with E-state index in [-0.39, 0.29) is 0 Å². The lowest BCUT2D eigenvalue weighted by molar-refractivity contribution is -0.143. The fourth-order valence-electron chi connectivity index (χ4n) is 3.55. The summed E-state index contributed by atoms with van der Waals surface area (Å²) >= 11 is 1.33. The van der Waals surface area contributed by atoms with Crippen LogP contribution in [0.15, 0.2) is 59.7 Å². The van der Waals surface area contributed by atoms with Crippen molar-refractivity contribution in [2.24, 2.45) is 5.10 Å². The highest BCUT2D eigenvalue weighted by Crippen LogP contribution is 2.50. The fourth-order valence-corrected chi connectivity index (χ4v) is 4.96. The van der Waals surface area contributed by atoms with Gasteiger partial charge >= 0.3 is 6.09 Å². The second-order valence-corrected chi connectivity index (χ2v) is 10.3. The van der Waals surface area contributed by atoms with E-state index in [1.54, 1.807) is 32.9 Å². The normalized spacial score (nSPS) is 18.9. The Bertz CT molecular complexity index is 1060. The number of amides is 2. The predicted octanol–water partition coefficient (Wildman–Crippen LogP) is 4.60. The third-order valence-corrected chi connectivity index (χ3v) is 6.48. The number of hydrazone groups is 1. The topological polar surface area (TPSA) is 91.2 Å². The number of aliphatic hydroxyl groups is 1. The van der Waals surface area contributed by atoms with Gasteiger partial charge in [0.2, 0.25) is 0 Å². The molecular formula is C25H30FN3O4S. The number of rotatable bonds is 7. The van der Waals surface area contributed by atoms with Crippen LogP contribution in [0.4, 0.5) is 9.18 Å². The fraction of sp³-hybridized carbons (Fsp3) is 0.400. The molecule has 1 aliphatic heterocycles. The number of nitrogens with one attached hydrogen (secondary N) is 1. The molecule has 9 heteroatoms. The van der Waals surface area contributed by atoms with Crippen LogP contribution in [0.2, 0.25) is 0 Å². The molecule has 0 radical (unpaired) electrons. The molecule has 2 amide bonds. The van der Waals surface area contributed by atoms with Crippen molar-refractivity contribution in [3.05, 3.63) is 71.5 Å². The smallest absolute Gasteiger partial charge is 0.407 e. The summed E-state index contributed by atoms with van der Waals surface area (Å²) in [6, 6.07) is 15.4. The molecule has 34 heavy (non-hydrogen) atoms. The Balaban J connectivity index is 1.90. The Morgan fingerprint density at radius 3 is 2.53 bits per heavy atom. The lowest BCUT2D eigenvalue weighted by atomic mass is 9.99. The minimum Gasteiger partial charge on any atom is -0.444 e. The monoisotopic (exact) mass is 487 g/mol. The lowest BCUT2D eigenvalue weighted by Gasteiger charge is -2.36. The van der Waals surface area contributed by atoms with Crippen molar-refractivity contribution in [1.82, 2.24) is 10.3 Å². The summed E-state index contributed by atoms with van der Waals surface area (Å²) < 4.78 is 19.2. The van der Waals surface area contributed by atoms with Gasteiger partial charge in [0.1, 0.15) is 27.4 Å². The van der Waals surface area contributed by atoms with Crippen LogP contribution in [-0.4, -0.2) is 45.4 Å². The number of hydrogen-bond donors (Lipinski definition) is 2. The molecule has 2 N–H and O–H groups in total. The molecule has 1 aliphatic rings. The Labute approximate surface area is 203 Å². The summed E-state index contributed by atoms with van der Waals surface area (Å²) in [6.07, 6.45) is -0.886. The van der Waals surface area contributed by atoms with Crippen molar-refractivity contribution in [3.8, 4) is 0 Å². The molecule has 0 bridgehead atoms. The van der Waals surface area contributed by atoms with Crippen molar-refractivity contribution in [2.45, 2.75) is 57.1 Å². The number of thioether (sulfide) groups is 1. The molecule has 1 heterocycles. The number of alkyl carbamates (subject to hydrolysis) is 1. The minimum absolute atomic E-state index is 0.316. The molecular weight excluding hydrogens is 457 g/mol. The van der Waals surface area contributed by atoms with Crippen molar-refractivity contribution in [2.75, 3.05) is 6.54 Å². The Hall–Kier alpha value is -2.91. The predicted molar refractivity (Wildman–Crippen MR) is 131 cm³/mol. The van der Waals surface area contributed by atoms with Gasteiger partial charge in [-0.3, -0.25) is 4.79 Å². The van der Waals surface area contributed by atoms with Crippen LogP contribution in [0.1, 0.15) is 51.7 Å². The van der Waals surface area contributed by atoms with E-state index in [2.05, 4.69) is 10.4 Å². The third-order valence-electron chi connectivity index (χ3n) is 5.02.